The normalized spacial score (nSPS) is 12.8. The lowest BCUT2D eigenvalue weighted by molar-refractivity contribution is 0.411. The summed E-state index contributed by atoms with van der Waals surface area (Å²) in [6.45, 7) is 4.28. The predicted molar refractivity (Wildman–Crippen MR) is 91.4 cm³/mol. The lowest BCUT2D eigenvalue weighted by Gasteiger charge is -2.21. The SMILES string of the molecule is COc1cc2c(cc1C)SSc1cc(C)c(SC)cc1-2. The van der Waals surface area contributed by atoms with Crippen LogP contribution in [0.1, 0.15) is 11.1 Å². The molecule has 0 saturated carbocycles. The lowest BCUT2D eigenvalue weighted by Crippen LogP contribution is -1.95. The minimum atomic E-state index is 0.966. The van der Waals surface area contributed by atoms with E-state index in [4.69, 9.17) is 4.74 Å². The van der Waals surface area contributed by atoms with Crippen molar-refractivity contribution in [2.75, 3.05) is 13.4 Å². The van der Waals surface area contributed by atoms with Crippen LogP contribution in [0.5, 0.6) is 5.75 Å². The monoisotopic (exact) mass is 320 g/mol. The highest BCUT2D eigenvalue weighted by atomic mass is 33.1. The van der Waals surface area contributed by atoms with Crippen molar-refractivity contribution in [2.24, 2.45) is 0 Å². The molecule has 0 atom stereocenters. The fourth-order valence-corrected chi connectivity index (χ4v) is 5.54. The van der Waals surface area contributed by atoms with Gasteiger partial charge < -0.3 is 4.74 Å². The maximum absolute atomic E-state index is 5.49. The van der Waals surface area contributed by atoms with Gasteiger partial charge in [-0.2, -0.15) is 0 Å². The Bertz CT molecular complexity index is 620. The third-order valence-electron chi connectivity index (χ3n) is 3.51. The van der Waals surface area contributed by atoms with Crippen molar-refractivity contribution in [1.82, 2.24) is 0 Å². The van der Waals surface area contributed by atoms with Crippen LogP contribution in [0, 0.1) is 13.8 Å². The minimum absolute atomic E-state index is 0.966. The molecule has 20 heavy (non-hydrogen) atoms. The molecule has 3 rings (SSSR count). The van der Waals surface area contributed by atoms with E-state index in [1.807, 2.05) is 33.3 Å². The van der Waals surface area contributed by atoms with Gasteiger partial charge in [-0.1, -0.05) is 21.6 Å². The number of hydrogen-bond donors (Lipinski definition) is 0. The molecular weight excluding hydrogens is 304 g/mol. The summed E-state index contributed by atoms with van der Waals surface area (Å²) in [4.78, 5) is 4.03. The second-order valence-electron chi connectivity index (χ2n) is 4.80. The number of rotatable bonds is 2. The number of aryl methyl sites for hydroxylation is 2. The molecule has 2 aromatic rings. The minimum Gasteiger partial charge on any atom is -0.496 e. The zero-order chi connectivity index (χ0) is 14.3. The molecule has 0 radical (unpaired) electrons. The summed E-state index contributed by atoms with van der Waals surface area (Å²) in [5.74, 6) is 0.966. The van der Waals surface area contributed by atoms with Gasteiger partial charge in [0.2, 0.25) is 0 Å². The van der Waals surface area contributed by atoms with E-state index in [1.165, 1.54) is 36.9 Å². The van der Waals surface area contributed by atoms with Gasteiger partial charge >= 0.3 is 0 Å². The number of ether oxygens (including phenoxy) is 1. The van der Waals surface area contributed by atoms with Crippen molar-refractivity contribution >= 4 is 33.3 Å². The van der Waals surface area contributed by atoms with Crippen molar-refractivity contribution in [3.05, 3.63) is 35.4 Å². The molecule has 0 unspecified atom stereocenters. The van der Waals surface area contributed by atoms with Gasteiger partial charge in [0.25, 0.3) is 0 Å². The topological polar surface area (TPSA) is 9.23 Å². The molecule has 0 spiro atoms. The predicted octanol–water partition coefficient (Wildman–Crippen LogP) is 5.81. The van der Waals surface area contributed by atoms with Crippen LogP contribution in [0.3, 0.4) is 0 Å². The van der Waals surface area contributed by atoms with Crippen molar-refractivity contribution in [1.29, 1.82) is 0 Å². The molecule has 1 nitrogen and oxygen atoms in total. The second kappa shape index (κ2) is 5.58. The Hall–Kier alpha value is -0.710. The summed E-state index contributed by atoms with van der Waals surface area (Å²) in [6.07, 6.45) is 2.14. The molecule has 1 aliphatic rings. The van der Waals surface area contributed by atoms with Crippen LogP contribution in [0.25, 0.3) is 11.1 Å². The van der Waals surface area contributed by atoms with Gasteiger partial charge in [0.05, 0.1) is 7.11 Å². The Balaban J connectivity index is 2.23. The molecule has 0 saturated heterocycles. The first-order valence-corrected chi connectivity index (χ1v) is 9.73. The summed E-state index contributed by atoms with van der Waals surface area (Å²) in [7, 11) is 5.43. The Labute approximate surface area is 132 Å². The van der Waals surface area contributed by atoms with E-state index in [0.717, 1.165) is 5.75 Å². The maximum Gasteiger partial charge on any atom is 0.122 e. The van der Waals surface area contributed by atoms with Crippen LogP contribution in [0.4, 0.5) is 0 Å². The second-order valence-corrected chi connectivity index (χ2v) is 7.86. The quantitative estimate of drug-likeness (QED) is 0.509. The average Bonchev–Trinajstić information content (AvgIpc) is 2.45. The molecule has 0 N–H and O–H groups in total. The molecule has 1 heterocycles. The molecule has 0 aliphatic carbocycles. The fourth-order valence-electron chi connectivity index (χ4n) is 2.41. The van der Waals surface area contributed by atoms with E-state index in [-0.39, 0.29) is 0 Å². The van der Waals surface area contributed by atoms with Crippen LogP contribution < -0.4 is 4.74 Å². The van der Waals surface area contributed by atoms with Gasteiger partial charge in [-0.3, -0.25) is 0 Å². The molecule has 4 heteroatoms. The summed E-state index contributed by atoms with van der Waals surface area (Å²) in [6, 6.07) is 9.02. The van der Waals surface area contributed by atoms with Crippen LogP contribution >= 0.6 is 33.3 Å². The highest BCUT2D eigenvalue weighted by Gasteiger charge is 2.20. The summed E-state index contributed by atoms with van der Waals surface area (Å²) >= 11 is 1.81. The van der Waals surface area contributed by atoms with Crippen LogP contribution in [-0.4, -0.2) is 13.4 Å². The number of methoxy groups -OCH3 is 1. The first-order valence-electron chi connectivity index (χ1n) is 6.36. The van der Waals surface area contributed by atoms with E-state index in [9.17, 15) is 0 Å². The molecule has 0 aromatic heterocycles. The summed E-state index contributed by atoms with van der Waals surface area (Å²) in [5, 5.41) is 0. The van der Waals surface area contributed by atoms with Crippen molar-refractivity contribution in [3.63, 3.8) is 0 Å². The van der Waals surface area contributed by atoms with Crippen molar-refractivity contribution in [2.45, 2.75) is 28.5 Å². The molecule has 104 valence electrons. The zero-order valence-corrected chi connectivity index (χ0v) is 14.4. The molecule has 1 aliphatic heterocycles. The van der Waals surface area contributed by atoms with Gasteiger partial charge in [0.15, 0.2) is 0 Å². The highest BCUT2D eigenvalue weighted by Crippen LogP contribution is 2.53. The van der Waals surface area contributed by atoms with E-state index in [0.29, 0.717) is 0 Å². The van der Waals surface area contributed by atoms with E-state index < -0.39 is 0 Å². The van der Waals surface area contributed by atoms with Gasteiger partial charge in [-0.15, -0.1) is 11.8 Å². The third-order valence-corrected chi connectivity index (χ3v) is 6.83. The fraction of sp³-hybridized carbons (Fsp3) is 0.250. The Kier molecular flexibility index (Phi) is 3.98. The van der Waals surface area contributed by atoms with Crippen LogP contribution in [0.2, 0.25) is 0 Å². The first-order chi connectivity index (χ1) is 9.63. The van der Waals surface area contributed by atoms with Crippen LogP contribution in [0.15, 0.2) is 39.0 Å². The van der Waals surface area contributed by atoms with Gasteiger partial charge in [0, 0.05) is 20.2 Å². The van der Waals surface area contributed by atoms with Gasteiger partial charge in [-0.05, 0) is 61.1 Å². The Morgan fingerprint density at radius 1 is 0.900 bits per heavy atom. The summed E-state index contributed by atoms with van der Waals surface area (Å²) in [5.41, 5.74) is 5.17. The van der Waals surface area contributed by atoms with Crippen molar-refractivity contribution in [3.8, 4) is 16.9 Å². The zero-order valence-electron chi connectivity index (χ0n) is 11.9. The van der Waals surface area contributed by atoms with E-state index >= 15 is 0 Å². The van der Waals surface area contributed by atoms with Crippen LogP contribution in [-0.2, 0) is 0 Å². The molecule has 2 aromatic carbocycles. The molecule has 0 amide bonds. The largest absolute Gasteiger partial charge is 0.496 e. The molecule has 0 fully saturated rings. The first kappa shape index (κ1) is 14.2. The average molecular weight is 321 g/mol. The highest BCUT2D eigenvalue weighted by molar-refractivity contribution is 8.76. The summed E-state index contributed by atoms with van der Waals surface area (Å²) < 4.78 is 5.49. The molecule has 0 bridgehead atoms. The van der Waals surface area contributed by atoms with E-state index in [2.05, 4.69) is 44.4 Å². The number of thioether (sulfide) groups is 1. The van der Waals surface area contributed by atoms with Gasteiger partial charge in [-0.25, -0.2) is 0 Å². The van der Waals surface area contributed by atoms with E-state index in [1.54, 1.807) is 7.11 Å². The number of hydrogen-bond acceptors (Lipinski definition) is 4. The van der Waals surface area contributed by atoms with Crippen molar-refractivity contribution < 1.29 is 4.74 Å². The lowest BCUT2D eigenvalue weighted by atomic mass is 10.0. The number of benzene rings is 2. The molecular formula is C16H16OS3. The number of fused-ring (bicyclic) bond motifs is 3. The third kappa shape index (κ3) is 2.34. The smallest absolute Gasteiger partial charge is 0.122 e. The Morgan fingerprint density at radius 2 is 1.50 bits per heavy atom. The Morgan fingerprint density at radius 3 is 2.10 bits per heavy atom. The maximum atomic E-state index is 5.49. The van der Waals surface area contributed by atoms with Gasteiger partial charge in [0.1, 0.15) is 5.75 Å². The standard InChI is InChI=1S/C16H16OS3/c1-9-5-15-11(7-13(9)17-3)12-8-14(18-4)10(2)6-16(12)20-19-15/h5-8H,1-4H3.